The summed E-state index contributed by atoms with van der Waals surface area (Å²) in [6, 6.07) is 13.0. The van der Waals surface area contributed by atoms with Crippen molar-refractivity contribution in [2.75, 3.05) is 13.2 Å². The van der Waals surface area contributed by atoms with Gasteiger partial charge >= 0.3 is 5.63 Å². The molecular weight excluding hydrogens is 412 g/mol. The lowest BCUT2D eigenvalue weighted by atomic mass is 10.1. The molecule has 2 amide bonds. The first kappa shape index (κ1) is 22.9. The topological polar surface area (TPSA) is 107 Å². The second-order valence-electron chi connectivity index (χ2n) is 7.75. The minimum atomic E-state index is -0.544. The Morgan fingerprint density at radius 3 is 2.41 bits per heavy atom. The highest BCUT2D eigenvalue weighted by Gasteiger charge is 2.10. The molecule has 2 aromatic carbocycles. The fourth-order valence-electron chi connectivity index (χ4n) is 2.89. The average Bonchev–Trinajstić information content (AvgIpc) is 2.76. The van der Waals surface area contributed by atoms with Gasteiger partial charge in [-0.2, -0.15) is 0 Å². The van der Waals surface area contributed by atoms with Gasteiger partial charge < -0.3 is 13.9 Å². The molecule has 0 saturated carbocycles. The van der Waals surface area contributed by atoms with Crippen molar-refractivity contribution >= 4 is 22.8 Å². The fraction of sp³-hybridized carbons (Fsp3) is 0.292. The average molecular weight is 438 g/mol. The predicted molar refractivity (Wildman–Crippen MR) is 120 cm³/mol. The highest BCUT2D eigenvalue weighted by atomic mass is 16.5. The molecule has 2 N–H and O–H groups in total. The van der Waals surface area contributed by atoms with Crippen LogP contribution in [0.15, 0.2) is 57.7 Å². The maximum absolute atomic E-state index is 12.2. The molecule has 8 heteroatoms. The van der Waals surface area contributed by atoms with Gasteiger partial charge in [0.1, 0.15) is 17.1 Å². The van der Waals surface area contributed by atoms with Crippen LogP contribution >= 0.6 is 0 Å². The van der Waals surface area contributed by atoms with Crippen molar-refractivity contribution in [3.8, 4) is 11.5 Å². The van der Waals surface area contributed by atoms with Crippen molar-refractivity contribution in [1.29, 1.82) is 0 Å². The summed E-state index contributed by atoms with van der Waals surface area (Å²) in [5.74, 6) is 0.591. The van der Waals surface area contributed by atoms with Crippen molar-refractivity contribution in [1.82, 2.24) is 10.9 Å². The molecule has 0 fully saturated rings. The summed E-state index contributed by atoms with van der Waals surface area (Å²) in [5, 5.41) is 0.782. The first-order valence-corrected chi connectivity index (χ1v) is 10.3. The van der Waals surface area contributed by atoms with Crippen molar-refractivity contribution in [2.24, 2.45) is 5.92 Å². The number of hydrogen-bond acceptors (Lipinski definition) is 6. The van der Waals surface area contributed by atoms with Crippen LogP contribution in [0, 0.1) is 12.8 Å². The third-order valence-electron chi connectivity index (χ3n) is 4.69. The number of hydrazine groups is 1. The van der Waals surface area contributed by atoms with E-state index in [4.69, 9.17) is 13.9 Å². The Kier molecular flexibility index (Phi) is 7.49. The molecule has 3 aromatic rings. The second kappa shape index (κ2) is 10.5. The maximum Gasteiger partial charge on any atom is 0.336 e. The van der Waals surface area contributed by atoms with Gasteiger partial charge in [0.15, 0.2) is 6.61 Å². The lowest BCUT2D eigenvalue weighted by Gasteiger charge is -2.10. The van der Waals surface area contributed by atoms with Crippen LogP contribution in [0.1, 0.15) is 36.2 Å². The van der Waals surface area contributed by atoms with Gasteiger partial charge in [0.25, 0.3) is 11.8 Å². The predicted octanol–water partition coefficient (Wildman–Crippen LogP) is 3.37. The zero-order chi connectivity index (χ0) is 23.1. The molecule has 0 radical (unpaired) electrons. The molecule has 168 valence electrons. The summed E-state index contributed by atoms with van der Waals surface area (Å²) in [4.78, 5) is 35.7. The Balaban J connectivity index is 1.47. The molecule has 3 rings (SSSR count). The molecule has 1 aromatic heterocycles. The first-order valence-electron chi connectivity index (χ1n) is 10.3. The number of rotatable bonds is 8. The zero-order valence-corrected chi connectivity index (χ0v) is 18.3. The van der Waals surface area contributed by atoms with E-state index in [-0.39, 0.29) is 6.61 Å². The molecule has 0 spiro atoms. The molecule has 0 aliphatic heterocycles. The lowest BCUT2D eigenvalue weighted by Crippen LogP contribution is -2.43. The van der Waals surface area contributed by atoms with E-state index in [9.17, 15) is 14.4 Å². The summed E-state index contributed by atoms with van der Waals surface area (Å²) in [7, 11) is 0. The van der Waals surface area contributed by atoms with Crippen LogP contribution in [0.3, 0.4) is 0 Å². The van der Waals surface area contributed by atoms with E-state index in [1.165, 1.54) is 6.07 Å². The van der Waals surface area contributed by atoms with Gasteiger partial charge in [-0.15, -0.1) is 0 Å². The Morgan fingerprint density at radius 2 is 1.69 bits per heavy atom. The van der Waals surface area contributed by atoms with Crippen LogP contribution in [0.2, 0.25) is 0 Å². The van der Waals surface area contributed by atoms with E-state index in [1.54, 1.807) is 42.5 Å². The fourth-order valence-corrected chi connectivity index (χ4v) is 2.89. The normalized spacial score (nSPS) is 10.8. The van der Waals surface area contributed by atoms with Crippen LogP contribution < -0.4 is 26.0 Å². The SMILES string of the molecule is Cc1cc(=O)oc2cc(OCC(=O)NNC(=O)c3ccc(OCCC(C)C)cc3)ccc12. The van der Waals surface area contributed by atoms with Crippen LogP contribution in [0.5, 0.6) is 11.5 Å². The molecule has 0 aliphatic rings. The van der Waals surface area contributed by atoms with Crippen molar-refractivity contribution in [3.63, 3.8) is 0 Å². The third-order valence-corrected chi connectivity index (χ3v) is 4.69. The molecule has 0 aliphatic carbocycles. The smallest absolute Gasteiger partial charge is 0.336 e. The van der Waals surface area contributed by atoms with Crippen molar-refractivity contribution in [2.45, 2.75) is 27.2 Å². The summed E-state index contributed by atoms with van der Waals surface area (Å²) in [6.45, 7) is 6.34. The highest BCUT2D eigenvalue weighted by Crippen LogP contribution is 2.22. The van der Waals surface area contributed by atoms with Gasteiger partial charge in [-0.1, -0.05) is 13.8 Å². The number of amides is 2. The second-order valence-corrected chi connectivity index (χ2v) is 7.75. The number of nitrogens with one attached hydrogen (secondary N) is 2. The Hall–Kier alpha value is -3.81. The minimum absolute atomic E-state index is 0.329. The van der Waals surface area contributed by atoms with Gasteiger partial charge in [-0.3, -0.25) is 20.4 Å². The van der Waals surface area contributed by atoms with E-state index < -0.39 is 17.4 Å². The number of fused-ring (bicyclic) bond motifs is 1. The number of benzene rings is 2. The quantitative estimate of drug-likeness (QED) is 0.413. The molecule has 1 heterocycles. The van der Waals surface area contributed by atoms with Crippen LogP contribution in [-0.4, -0.2) is 25.0 Å². The highest BCUT2D eigenvalue weighted by molar-refractivity contribution is 5.95. The van der Waals surface area contributed by atoms with E-state index in [0.717, 1.165) is 17.4 Å². The standard InChI is InChI=1S/C24H26N2O6/c1-15(2)10-11-30-18-6-4-17(5-7-18)24(29)26-25-22(27)14-31-19-8-9-20-16(3)12-23(28)32-21(20)13-19/h4-9,12-13,15H,10-11,14H2,1-3H3,(H,25,27)(H,26,29). The Morgan fingerprint density at radius 1 is 0.969 bits per heavy atom. The molecular formula is C24H26N2O6. The number of hydrogen-bond donors (Lipinski definition) is 2. The largest absolute Gasteiger partial charge is 0.494 e. The molecule has 32 heavy (non-hydrogen) atoms. The Bertz CT molecular complexity index is 1150. The molecule has 0 unspecified atom stereocenters. The number of ether oxygens (including phenoxy) is 2. The van der Waals surface area contributed by atoms with E-state index in [2.05, 4.69) is 24.7 Å². The number of carbonyl (C=O) groups is 2. The lowest BCUT2D eigenvalue weighted by molar-refractivity contribution is -0.123. The van der Waals surface area contributed by atoms with Crippen LogP contribution in [0.4, 0.5) is 0 Å². The van der Waals surface area contributed by atoms with Gasteiger partial charge in [-0.05, 0) is 61.2 Å². The van der Waals surface area contributed by atoms with Gasteiger partial charge in [-0.25, -0.2) is 4.79 Å². The van der Waals surface area contributed by atoms with Gasteiger partial charge in [0.05, 0.1) is 6.61 Å². The van der Waals surface area contributed by atoms with E-state index >= 15 is 0 Å². The summed E-state index contributed by atoms with van der Waals surface area (Å²) in [6.07, 6.45) is 0.948. The van der Waals surface area contributed by atoms with Gasteiger partial charge in [0.2, 0.25) is 0 Å². The van der Waals surface area contributed by atoms with Gasteiger partial charge in [0, 0.05) is 23.1 Å². The molecule has 0 bridgehead atoms. The molecule has 0 atom stereocenters. The minimum Gasteiger partial charge on any atom is -0.494 e. The maximum atomic E-state index is 12.2. The molecule has 0 saturated heterocycles. The number of aryl methyl sites for hydroxylation is 1. The summed E-state index contributed by atoms with van der Waals surface area (Å²) in [5.41, 5.74) is 5.72. The van der Waals surface area contributed by atoms with E-state index in [0.29, 0.717) is 35.2 Å². The first-order chi connectivity index (χ1) is 15.3. The monoisotopic (exact) mass is 438 g/mol. The summed E-state index contributed by atoms with van der Waals surface area (Å²) >= 11 is 0. The molecule has 8 nitrogen and oxygen atoms in total. The van der Waals surface area contributed by atoms with Crippen molar-refractivity contribution < 1.29 is 23.5 Å². The Labute approximate surface area is 185 Å². The summed E-state index contributed by atoms with van der Waals surface area (Å²) < 4.78 is 16.2. The zero-order valence-electron chi connectivity index (χ0n) is 18.3. The van der Waals surface area contributed by atoms with Crippen molar-refractivity contribution in [3.05, 3.63) is 70.1 Å². The van der Waals surface area contributed by atoms with Crippen LogP contribution in [0.25, 0.3) is 11.0 Å². The van der Waals surface area contributed by atoms with E-state index in [1.807, 2.05) is 6.92 Å². The van der Waals surface area contributed by atoms with Crippen LogP contribution in [-0.2, 0) is 4.79 Å². The number of carbonyl (C=O) groups excluding carboxylic acids is 2. The third kappa shape index (κ3) is 6.34.